The number of hydrogen-bond acceptors (Lipinski definition) is 5. The van der Waals surface area contributed by atoms with E-state index in [4.69, 9.17) is 16.3 Å². The van der Waals surface area contributed by atoms with Crippen LogP contribution in [0.25, 0.3) is 0 Å². The Morgan fingerprint density at radius 2 is 1.42 bits per heavy atom. The lowest BCUT2D eigenvalue weighted by Crippen LogP contribution is -2.48. The molecule has 1 aliphatic heterocycles. The standard InChI is InChI=1S/C27H29ClN2O3/c28-24-10-6-22(7-11-24)27(32)23-8-12-26(13-9-23)33-20-25(31)19-30-16-14-29(15-17-30)18-21-4-2-1-3-5-21/h1-13,25,31H,14-20H2/t25-/m1/s1. The number of hydrogen-bond donors (Lipinski definition) is 1. The molecule has 33 heavy (non-hydrogen) atoms. The molecule has 0 unspecified atom stereocenters. The minimum absolute atomic E-state index is 0.0651. The number of rotatable bonds is 9. The van der Waals surface area contributed by atoms with Crippen molar-refractivity contribution in [3.05, 3.63) is 101 Å². The molecule has 0 bridgehead atoms. The molecule has 6 heteroatoms. The largest absolute Gasteiger partial charge is 0.491 e. The minimum Gasteiger partial charge on any atom is -0.491 e. The highest BCUT2D eigenvalue weighted by Gasteiger charge is 2.19. The number of β-amino-alcohol motifs (C(OH)–C–C–N with tert-alkyl or cyclic N) is 1. The van der Waals surface area contributed by atoms with E-state index in [-0.39, 0.29) is 12.4 Å². The van der Waals surface area contributed by atoms with E-state index in [0.29, 0.717) is 28.4 Å². The van der Waals surface area contributed by atoms with Crippen molar-refractivity contribution >= 4 is 17.4 Å². The monoisotopic (exact) mass is 464 g/mol. The van der Waals surface area contributed by atoms with E-state index in [0.717, 1.165) is 32.7 Å². The SMILES string of the molecule is O=C(c1ccc(Cl)cc1)c1ccc(OC[C@H](O)CN2CCN(Cc3ccccc3)CC2)cc1. The molecule has 0 aromatic heterocycles. The number of carbonyl (C=O) groups is 1. The predicted molar refractivity (Wildman–Crippen MR) is 131 cm³/mol. The van der Waals surface area contributed by atoms with Gasteiger partial charge in [-0.2, -0.15) is 0 Å². The first-order valence-electron chi connectivity index (χ1n) is 11.3. The van der Waals surface area contributed by atoms with Crippen LogP contribution < -0.4 is 4.74 Å². The average molecular weight is 465 g/mol. The van der Waals surface area contributed by atoms with Crippen molar-refractivity contribution < 1.29 is 14.6 Å². The number of nitrogens with zero attached hydrogens (tertiary/aromatic N) is 2. The van der Waals surface area contributed by atoms with E-state index in [2.05, 4.69) is 34.1 Å². The normalized spacial score (nSPS) is 15.8. The van der Waals surface area contributed by atoms with E-state index in [9.17, 15) is 9.90 Å². The van der Waals surface area contributed by atoms with Crippen LogP contribution in [0.2, 0.25) is 5.02 Å². The molecule has 0 amide bonds. The topological polar surface area (TPSA) is 53.0 Å². The molecule has 3 aromatic carbocycles. The van der Waals surface area contributed by atoms with Gasteiger partial charge in [-0.25, -0.2) is 0 Å². The minimum atomic E-state index is -0.568. The summed E-state index contributed by atoms with van der Waals surface area (Å²) in [5.74, 6) is 0.569. The summed E-state index contributed by atoms with van der Waals surface area (Å²) in [6.07, 6.45) is -0.568. The van der Waals surface area contributed by atoms with Gasteiger partial charge in [0.15, 0.2) is 5.78 Å². The molecule has 0 spiro atoms. The number of aliphatic hydroxyl groups excluding tert-OH is 1. The first-order chi connectivity index (χ1) is 16.1. The Balaban J connectivity index is 1.19. The van der Waals surface area contributed by atoms with E-state index < -0.39 is 6.10 Å². The molecule has 0 saturated carbocycles. The third kappa shape index (κ3) is 6.89. The van der Waals surface area contributed by atoms with Gasteiger partial charge in [-0.15, -0.1) is 0 Å². The van der Waals surface area contributed by atoms with Crippen molar-refractivity contribution in [2.45, 2.75) is 12.6 Å². The Labute approximate surface area is 200 Å². The number of halogens is 1. The Bertz CT molecular complexity index is 1020. The van der Waals surface area contributed by atoms with Gasteiger partial charge in [0, 0.05) is 55.4 Å². The molecule has 1 N–H and O–H groups in total. The highest BCUT2D eigenvalue weighted by atomic mass is 35.5. The van der Waals surface area contributed by atoms with Crippen molar-refractivity contribution in [1.82, 2.24) is 9.80 Å². The number of aliphatic hydroxyl groups is 1. The second kappa shape index (κ2) is 11.4. The Kier molecular flexibility index (Phi) is 8.13. The van der Waals surface area contributed by atoms with Crippen molar-refractivity contribution in [2.24, 2.45) is 0 Å². The van der Waals surface area contributed by atoms with Gasteiger partial charge in [0.2, 0.25) is 0 Å². The highest BCUT2D eigenvalue weighted by molar-refractivity contribution is 6.30. The number of piperazine rings is 1. The lowest BCUT2D eigenvalue weighted by atomic mass is 10.0. The first-order valence-corrected chi connectivity index (χ1v) is 11.6. The Morgan fingerprint density at radius 3 is 2.06 bits per heavy atom. The van der Waals surface area contributed by atoms with Crippen LogP contribution in [0.4, 0.5) is 0 Å². The molecule has 3 aromatic rings. The molecule has 1 fully saturated rings. The quantitative estimate of drug-likeness (QED) is 0.482. The lowest BCUT2D eigenvalue weighted by Gasteiger charge is -2.35. The fourth-order valence-corrected chi connectivity index (χ4v) is 4.11. The van der Waals surface area contributed by atoms with Crippen LogP contribution in [0, 0.1) is 0 Å². The maximum atomic E-state index is 12.5. The van der Waals surface area contributed by atoms with Crippen LogP contribution in [0.5, 0.6) is 5.75 Å². The van der Waals surface area contributed by atoms with Crippen LogP contribution in [0.1, 0.15) is 21.5 Å². The molecule has 172 valence electrons. The van der Waals surface area contributed by atoms with Crippen LogP contribution in [0.3, 0.4) is 0 Å². The average Bonchev–Trinajstić information content (AvgIpc) is 2.85. The summed E-state index contributed by atoms with van der Waals surface area (Å²) < 4.78 is 5.75. The summed E-state index contributed by atoms with van der Waals surface area (Å²) in [6.45, 7) is 5.63. The number of ketones is 1. The van der Waals surface area contributed by atoms with Crippen molar-refractivity contribution in [1.29, 1.82) is 0 Å². The van der Waals surface area contributed by atoms with Crippen molar-refractivity contribution in [3.8, 4) is 5.75 Å². The van der Waals surface area contributed by atoms with Gasteiger partial charge in [0.1, 0.15) is 18.5 Å². The molecule has 5 nitrogen and oxygen atoms in total. The van der Waals surface area contributed by atoms with Gasteiger partial charge < -0.3 is 9.84 Å². The lowest BCUT2D eigenvalue weighted by molar-refractivity contribution is 0.0446. The third-order valence-electron chi connectivity index (χ3n) is 5.85. The third-order valence-corrected chi connectivity index (χ3v) is 6.10. The zero-order valence-corrected chi connectivity index (χ0v) is 19.3. The summed E-state index contributed by atoms with van der Waals surface area (Å²) >= 11 is 5.89. The molecule has 0 radical (unpaired) electrons. The molecule has 1 heterocycles. The van der Waals surface area contributed by atoms with Crippen LogP contribution in [-0.4, -0.2) is 66.1 Å². The first kappa shape index (κ1) is 23.5. The molecular formula is C27H29ClN2O3. The Hall–Kier alpha value is -2.70. The Morgan fingerprint density at radius 1 is 0.848 bits per heavy atom. The van der Waals surface area contributed by atoms with Crippen molar-refractivity contribution in [2.75, 3.05) is 39.3 Å². The van der Waals surface area contributed by atoms with Crippen LogP contribution in [0.15, 0.2) is 78.9 Å². The molecule has 1 aliphatic rings. The van der Waals surface area contributed by atoms with E-state index in [1.807, 2.05) is 6.07 Å². The summed E-state index contributed by atoms with van der Waals surface area (Å²) in [4.78, 5) is 17.3. The van der Waals surface area contributed by atoms with Crippen molar-refractivity contribution in [3.63, 3.8) is 0 Å². The smallest absolute Gasteiger partial charge is 0.193 e. The van der Waals surface area contributed by atoms with Gasteiger partial charge in [-0.3, -0.25) is 14.6 Å². The maximum absolute atomic E-state index is 12.5. The van der Waals surface area contributed by atoms with E-state index >= 15 is 0 Å². The van der Waals surface area contributed by atoms with Gasteiger partial charge in [0.05, 0.1) is 0 Å². The van der Waals surface area contributed by atoms with Crippen LogP contribution in [-0.2, 0) is 6.54 Å². The van der Waals surface area contributed by atoms with E-state index in [1.54, 1.807) is 48.5 Å². The fourth-order valence-electron chi connectivity index (χ4n) is 3.99. The second-order valence-electron chi connectivity index (χ2n) is 8.39. The molecular weight excluding hydrogens is 436 g/mol. The maximum Gasteiger partial charge on any atom is 0.193 e. The summed E-state index contributed by atoms with van der Waals surface area (Å²) in [6, 6.07) is 24.4. The fraction of sp³-hybridized carbons (Fsp3) is 0.296. The molecule has 1 saturated heterocycles. The summed E-state index contributed by atoms with van der Waals surface area (Å²) in [5, 5.41) is 11.0. The van der Waals surface area contributed by atoms with Gasteiger partial charge in [-0.1, -0.05) is 41.9 Å². The zero-order chi connectivity index (χ0) is 23.0. The highest BCUT2D eigenvalue weighted by Crippen LogP contribution is 2.18. The van der Waals surface area contributed by atoms with Gasteiger partial charge in [0.25, 0.3) is 0 Å². The van der Waals surface area contributed by atoms with E-state index in [1.165, 1.54) is 5.56 Å². The zero-order valence-electron chi connectivity index (χ0n) is 18.6. The number of ether oxygens (including phenoxy) is 1. The van der Waals surface area contributed by atoms with Gasteiger partial charge >= 0.3 is 0 Å². The summed E-state index contributed by atoms with van der Waals surface area (Å²) in [5.41, 5.74) is 2.51. The number of carbonyl (C=O) groups excluding carboxylic acids is 1. The molecule has 1 atom stereocenters. The molecule has 0 aliphatic carbocycles. The van der Waals surface area contributed by atoms with Crippen LogP contribution >= 0.6 is 11.6 Å². The second-order valence-corrected chi connectivity index (χ2v) is 8.82. The number of benzene rings is 3. The summed E-state index contributed by atoms with van der Waals surface area (Å²) in [7, 11) is 0. The van der Waals surface area contributed by atoms with Gasteiger partial charge in [-0.05, 0) is 54.1 Å². The predicted octanol–water partition coefficient (Wildman–Crippen LogP) is 4.13. The molecule has 4 rings (SSSR count).